The Balaban J connectivity index is 2.03. The first-order valence-corrected chi connectivity index (χ1v) is 8.10. The molecule has 0 spiro atoms. The van der Waals surface area contributed by atoms with E-state index >= 15 is 0 Å². The second kappa shape index (κ2) is 6.90. The van der Waals surface area contributed by atoms with Gasteiger partial charge in [0.25, 0.3) is 11.6 Å². The van der Waals surface area contributed by atoms with Crippen LogP contribution < -0.4 is 15.9 Å². The van der Waals surface area contributed by atoms with Crippen molar-refractivity contribution in [3.63, 3.8) is 0 Å². The van der Waals surface area contributed by atoms with Crippen molar-refractivity contribution in [3.05, 3.63) is 67.8 Å². The lowest BCUT2D eigenvalue weighted by Gasteiger charge is -2.19. The molecule has 0 aliphatic heterocycles. The fourth-order valence-electron chi connectivity index (χ4n) is 2.80. The zero-order valence-electron chi connectivity index (χ0n) is 14.4. The number of nitrogens with one attached hydrogen (secondary N) is 1. The minimum absolute atomic E-state index is 0.104. The Morgan fingerprint density at radius 2 is 1.96 bits per heavy atom. The summed E-state index contributed by atoms with van der Waals surface area (Å²) in [4.78, 5) is 30.2. The molecule has 6 nitrogen and oxygen atoms in total. The molecule has 0 bridgehead atoms. The molecule has 0 amide bonds. The van der Waals surface area contributed by atoms with Gasteiger partial charge in [0.1, 0.15) is 11.5 Å². The van der Waals surface area contributed by atoms with Crippen molar-refractivity contribution in [2.75, 3.05) is 0 Å². The number of ether oxygens (including phenoxy) is 1. The van der Waals surface area contributed by atoms with Gasteiger partial charge in [-0.3, -0.25) is 9.78 Å². The molecule has 1 atom stereocenters. The van der Waals surface area contributed by atoms with Crippen molar-refractivity contribution in [3.8, 4) is 6.01 Å². The maximum Gasteiger partial charge on any atom is 0.416 e. The second-order valence-electron chi connectivity index (χ2n) is 5.84. The molecule has 27 heavy (non-hydrogen) atoms. The predicted molar refractivity (Wildman–Crippen MR) is 90.8 cm³/mol. The Labute approximate surface area is 150 Å². The zero-order valence-corrected chi connectivity index (χ0v) is 14.4. The molecule has 0 saturated heterocycles. The fourth-order valence-corrected chi connectivity index (χ4v) is 2.80. The van der Waals surface area contributed by atoms with Gasteiger partial charge >= 0.3 is 11.8 Å². The summed E-state index contributed by atoms with van der Waals surface area (Å²) < 4.78 is 49.9. The van der Waals surface area contributed by atoms with Crippen LogP contribution in [0.4, 0.5) is 13.2 Å². The predicted octanol–water partition coefficient (Wildman–Crippen LogP) is 3.60. The number of nitrogens with zero attached hydrogens (tertiary/aromatic N) is 1. The molecule has 0 aliphatic carbocycles. The lowest BCUT2D eigenvalue weighted by Crippen LogP contribution is -2.18. The maximum absolute atomic E-state index is 13.2. The number of halogens is 3. The van der Waals surface area contributed by atoms with Crippen molar-refractivity contribution in [2.45, 2.75) is 32.5 Å². The van der Waals surface area contributed by atoms with Gasteiger partial charge in [-0.1, -0.05) is 25.1 Å². The van der Waals surface area contributed by atoms with Crippen LogP contribution in [0, 0.1) is 0 Å². The minimum atomic E-state index is -4.55. The highest BCUT2D eigenvalue weighted by Crippen LogP contribution is 2.35. The van der Waals surface area contributed by atoms with E-state index in [-0.39, 0.29) is 22.7 Å². The topological polar surface area (TPSA) is 85.2 Å². The van der Waals surface area contributed by atoms with Crippen LogP contribution in [0.25, 0.3) is 11.1 Å². The molecule has 3 rings (SSSR count). The molecule has 1 unspecified atom stereocenters. The number of H-pyrrole nitrogens is 1. The molecule has 0 radical (unpaired) electrons. The Bertz CT molecular complexity index is 1100. The van der Waals surface area contributed by atoms with E-state index in [2.05, 4.69) is 9.97 Å². The van der Waals surface area contributed by atoms with Crippen LogP contribution in [0.2, 0.25) is 0 Å². The highest BCUT2D eigenvalue weighted by atomic mass is 19.4. The van der Waals surface area contributed by atoms with Crippen LogP contribution in [0.3, 0.4) is 0 Å². The smallest absolute Gasteiger partial charge is 0.416 e. The van der Waals surface area contributed by atoms with Gasteiger partial charge in [-0.25, -0.2) is 4.79 Å². The Morgan fingerprint density at radius 3 is 2.63 bits per heavy atom. The van der Waals surface area contributed by atoms with Crippen molar-refractivity contribution < 1.29 is 22.3 Å². The molecule has 0 aliphatic rings. The number of hydrogen-bond acceptors (Lipinski definition) is 5. The first kappa shape index (κ1) is 18.7. The van der Waals surface area contributed by atoms with E-state index in [0.717, 1.165) is 6.07 Å². The molecular formula is C18H15F3N2O4. The van der Waals surface area contributed by atoms with Gasteiger partial charge in [0.05, 0.1) is 5.56 Å². The molecule has 1 aromatic carbocycles. The SMILES string of the molecule is CCc1cc(=O)oc2nc(OC(C)c3ccccc3C(F)(F)F)[nH]c(=O)c12. The van der Waals surface area contributed by atoms with Gasteiger partial charge in [0.15, 0.2) is 0 Å². The highest BCUT2D eigenvalue weighted by Gasteiger charge is 2.34. The summed E-state index contributed by atoms with van der Waals surface area (Å²) in [5.74, 6) is 0. The first-order valence-electron chi connectivity index (χ1n) is 8.10. The van der Waals surface area contributed by atoms with E-state index in [4.69, 9.17) is 9.15 Å². The average Bonchev–Trinajstić information content (AvgIpc) is 2.59. The van der Waals surface area contributed by atoms with E-state index in [1.165, 1.54) is 31.2 Å². The Morgan fingerprint density at radius 1 is 1.26 bits per heavy atom. The normalized spacial score (nSPS) is 12.9. The van der Waals surface area contributed by atoms with E-state index < -0.39 is 29.0 Å². The average molecular weight is 380 g/mol. The Hall–Kier alpha value is -3.10. The number of benzene rings is 1. The summed E-state index contributed by atoms with van der Waals surface area (Å²) in [5, 5.41) is 0.104. The molecule has 9 heteroatoms. The number of aromatic amines is 1. The molecule has 0 saturated carbocycles. The lowest BCUT2D eigenvalue weighted by atomic mass is 10.0. The summed E-state index contributed by atoms with van der Waals surface area (Å²) >= 11 is 0. The number of aromatic nitrogens is 2. The van der Waals surface area contributed by atoms with Crippen molar-refractivity contribution in [2.24, 2.45) is 0 Å². The third-order valence-electron chi connectivity index (χ3n) is 4.05. The summed E-state index contributed by atoms with van der Waals surface area (Å²) in [7, 11) is 0. The van der Waals surface area contributed by atoms with Gasteiger partial charge in [-0.2, -0.15) is 18.2 Å². The number of hydrogen-bond donors (Lipinski definition) is 1. The number of aryl methyl sites for hydroxylation is 1. The summed E-state index contributed by atoms with van der Waals surface area (Å²) in [6.07, 6.45) is -5.21. The van der Waals surface area contributed by atoms with E-state index in [9.17, 15) is 22.8 Å². The van der Waals surface area contributed by atoms with Gasteiger partial charge in [-0.05, 0) is 25.0 Å². The molecule has 2 aromatic heterocycles. The van der Waals surface area contributed by atoms with Gasteiger partial charge in [0, 0.05) is 11.6 Å². The Kier molecular flexibility index (Phi) is 4.77. The third kappa shape index (κ3) is 3.71. The quantitative estimate of drug-likeness (QED) is 0.748. The van der Waals surface area contributed by atoms with Crippen molar-refractivity contribution in [1.29, 1.82) is 0 Å². The van der Waals surface area contributed by atoms with Gasteiger partial charge in [0.2, 0.25) is 5.71 Å². The highest BCUT2D eigenvalue weighted by molar-refractivity contribution is 5.75. The van der Waals surface area contributed by atoms with Crippen LogP contribution in [0.1, 0.15) is 36.6 Å². The molecule has 1 N–H and O–H groups in total. The van der Waals surface area contributed by atoms with Crippen molar-refractivity contribution >= 4 is 11.1 Å². The van der Waals surface area contributed by atoms with Gasteiger partial charge < -0.3 is 9.15 Å². The lowest BCUT2D eigenvalue weighted by molar-refractivity contribution is -0.139. The van der Waals surface area contributed by atoms with Crippen molar-refractivity contribution in [1.82, 2.24) is 9.97 Å². The molecule has 0 fully saturated rings. The standard InChI is InChI=1S/C18H15F3N2O4/c1-3-10-8-13(24)27-16-14(10)15(25)22-17(23-16)26-9(2)11-6-4-5-7-12(11)18(19,20)21/h4-9H,3H2,1-2H3,(H,22,23,25). The molecular weight excluding hydrogens is 365 g/mol. The second-order valence-corrected chi connectivity index (χ2v) is 5.84. The van der Waals surface area contributed by atoms with E-state index in [1.54, 1.807) is 6.92 Å². The number of alkyl halides is 3. The number of rotatable bonds is 4. The van der Waals surface area contributed by atoms with Crippen LogP contribution in [-0.4, -0.2) is 9.97 Å². The number of fused-ring (bicyclic) bond motifs is 1. The van der Waals surface area contributed by atoms with Crippen LogP contribution in [0.15, 0.2) is 44.3 Å². The molecule has 3 aromatic rings. The van der Waals surface area contributed by atoms with E-state index in [0.29, 0.717) is 12.0 Å². The fraction of sp³-hybridized carbons (Fsp3) is 0.278. The zero-order chi connectivity index (χ0) is 19.8. The summed E-state index contributed by atoms with van der Waals surface area (Å²) in [6.45, 7) is 3.15. The van der Waals surface area contributed by atoms with Crippen LogP contribution in [-0.2, 0) is 12.6 Å². The molecule has 142 valence electrons. The minimum Gasteiger partial charge on any atom is -0.457 e. The molecule has 2 heterocycles. The van der Waals surface area contributed by atoms with Crippen LogP contribution in [0.5, 0.6) is 6.01 Å². The summed E-state index contributed by atoms with van der Waals surface area (Å²) in [6, 6.07) is 5.81. The monoisotopic (exact) mass is 380 g/mol. The first-order chi connectivity index (χ1) is 12.7. The summed E-state index contributed by atoms with van der Waals surface area (Å²) in [5.41, 5.74) is -2.02. The maximum atomic E-state index is 13.2. The third-order valence-corrected chi connectivity index (χ3v) is 4.05. The van der Waals surface area contributed by atoms with Crippen LogP contribution >= 0.6 is 0 Å². The largest absolute Gasteiger partial charge is 0.457 e. The van der Waals surface area contributed by atoms with Gasteiger partial charge in [-0.15, -0.1) is 0 Å². The van der Waals surface area contributed by atoms with E-state index in [1.807, 2.05) is 0 Å².